The van der Waals surface area contributed by atoms with E-state index in [2.05, 4.69) is 4.98 Å². The number of carbonyl (C=O) groups is 4. The van der Waals surface area contributed by atoms with Gasteiger partial charge in [-0.15, -0.1) is 0 Å². The number of aromatic nitrogens is 1. The van der Waals surface area contributed by atoms with Crippen molar-refractivity contribution in [3.8, 4) is 0 Å². The van der Waals surface area contributed by atoms with E-state index in [-0.39, 0.29) is 35.8 Å². The SMILES string of the molecule is COCC(=O)N(C)C1=C(N(C)CC(=O)OC(C)(C)C)C(=O)c2ncccc2C1=O. The number of allylic oxidation sites excluding steroid dienone is 2. The lowest BCUT2D eigenvalue weighted by atomic mass is 9.93. The number of likely N-dealkylation sites (N-methyl/N-ethyl adjacent to an activating group) is 2. The number of hydrogen-bond acceptors (Lipinski definition) is 8. The Kier molecular flexibility index (Phi) is 6.53. The molecule has 9 heteroatoms. The summed E-state index contributed by atoms with van der Waals surface area (Å²) in [6.07, 6.45) is 1.40. The number of fused-ring (bicyclic) bond motifs is 1. The first-order valence-electron chi connectivity index (χ1n) is 8.95. The van der Waals surface area contributed by atoms with Gasteiger partial charge in [-0.2, -0.15) is 0 Å². The van der Waals surface area contributed by atoms with Crippen LogP contribution >= 0.6 is 0 Å². The van der Waals surface area contributed by atoms with Crippen LogP contribution in [-0.4, -0.2) is 78.2 Å². The number of hydrogen-bond donors (Lipinski definition) is 0. The van der Waals surface area contributed by atoms with Gasteiger partial charge in [-0.3, -0.25) is 24.2 Å². The molecule has 0 radical (unpaired) electrons. The molecule has 1 aromatic rings. The first-order chi connectivity index (χ1) is 13.5. The zero-order valence-corrected chi connectivity index (χ0v) is 17.4. The molecule has 1 aromatic heterocycles. The summed E-state index contributed by atoms with van der Waals surface area (Å²) in [7, 11) is 4.21. The summed E-state index contributed by atoms with van der Waals surface area (Å²) in [6.45, 7) is 4.61. The minimum absolute atomic E-state index is 0.0279. The maximum absolute atomic E-state index is 13.1. The zero-order valence-electron chi connectivity index (χ0n) is 17.4. The summed E-state index contributed by atoms with van der Waals surface area (Å²) in [4.78, 5) is 57.3. The van der Waals surface area contributed by atoms with Crippen LogP contribution in [0.4, 0.5) is 0 Å². The number of carbonyl (C=O) groups excluding carboxylic acids is 4. The van der Waals surface area contributed by atoms with E-state index in [4.69, 9.17) is 9.47 Å². The summed E-state index contributed by atoms with van der Waals surface area (Å²) in [5.74, 6) is -2.19. The average molecular weight is 403 g/mol. The standard InChI is InChI=1S/C20H25N3O6/c1-20(2,3)29-14(25)10-22(4)16-17(23(5)13(24)11-28-6)18(26)12-8-7-9-21-15(12)19(16)27/h7-9H,10-11H2,1-6H3. The van der Waals surface area contributed by atoms with Crippen molar-refractivity contribution in [2.45, 2.75) is 26.4 Å². The Morgan fingerprint density at radius 2 is 1.76 bits per heavy atom. The Hall–Kier alpha value is -3.07. The Bertz CT molecular complexity index is 884. The van der Waals surface area contributed by atoms with E-state index < -0.39 is 29.0 Å². The van der Waals surface area contributed by atoms with Gasteiger partial charge in [-0.05, 0) is 32.9 Å². The third-order valence-corrected chi connectivity index (χ3v) is 4.07. The second-order valence-corrected chi connectivity index (χ2v) is 7.58. The number of nitrogens with zero attached hydrogens (tertiary/aromatic N) is 3. The predicted molar refractivity (Wildman–Crippen MR) is 103 cm³/mol. The van der Waals surface area contributed by atoms with Gasteiger partial charge in [0, 0.05) is 27.4 Å². The second kappa shape index (κ2) is 8.52. The number of rotatable bonds is 6. The van der Waals surface area contributed by atoms with Gasteiger partial charge in [0.25, 0.3) is 5.91 Å². The predicted octanol–water partition coefficient (Wildman–Crippen LogP) is 1.05. The van der Waals surface area contributed by atoms with Crippen LogP contribution in [-0.2, 0) is 19.1 Å². The van der Waals surface area contributed by atoms with Gasteiger partial charge in [0.2, 0.25) is 11.6 Å². The number of ketones is 2. The summed E-state index contributed by atoms with van der Waals surface area (Å²) < 4.78 is 10.1. The lowest BCUT2D eigenvalue weighted by Crippen LogP contribution is -2.43. The van der Waals surface area contributed by atoms with E-state index in [1.54, 1.807) is 20.8 Å². The van der Waals surface area contributed by atoms with E-state index in [1.165, 1.54) is 44.4 Å². The number of amides is 1. The van der Waals surface area contributed by atoms with Crippen LogP contribution < -0.4 is 0 Å². The van der Waals surface area contributed by atoms with Gasteiger partial charge in [-0.1, -0.05) is 0 Å². The summed E-state index contributed by atoms with van der Waals surface area (Å²) in [5, 5.41) is 0. The van der Waals surface area contributed by atoms with Gasteiger partial charge in [0.05, 0.1) is 5.56 Å². The fraction of sp³-hybridized carbons (Fsp3) is 0.450. The molecule has 2 rings (SSSR count). The van der Waals surface area contributed by atoms with E-state index in [1.807, 2.05) is 0 Å². The normalized spacial score (nSPS) is 13.9. The van der Waals surface area contributed by atoms with Crippen molar-refractivity contribution in [2.24, 2.45) is 0 Å². The van der Waals surface area contributed by atoms with Gasteiger partial charge in [-0.25, -0.2) is 0 Å². The minimum Gasteiger partial charge on any atom is -0.459 e. The molecule has 0 spiro atoms. The number of methoxy groups -OCH3 is 1. The first kappa shape index (κ1) is 22.2. The highest BCUT2D eigenvalue weighted by Crippen LogP contribution is 2.28. The molecule has 9 nitrogen and oxygen atoms in total. The Labute approximate surface area is 169 Å². The molecule has 0 fully saturated rings. The van der Waals surface area contributed by atoms with E-state index in [0.29, 0.717) is 0 Å². The molecule has 0 bridgehead atoms. The van der Waals surface area contributed by atoms with Crippen molar-refractivity contribution in [3.05, 3.63) is 41.0 Å². The number of pyridine rings is 1. The topological polar surface area (TPSA) is 106 Å². The summed E-state index contributed by atoms with van der Waals surface area (Å²) in [6, 6.07) is 3.01. The number of esters is 1. The molecule has 0 unspecified atom stereocenters. The van der Waals surface area contributed by atoms with Crippen molar-refractivity contribution in [3.63, 3.8) is 0 Å². The van der Waals surface area contributed by atoms with Crippen LogP contribution in [0, 0.1) is 0 Å². The van der Waals surface area contributed by atoms with E-state index in [9.17, 15) is 19.2 Å². The van der Waals surface area contributed by atoms with Gasteiger partial charge in [0.15, 0.2) is 0 Å². The maximum atomic E-state index is 13.1. The molecule has 0 aromatic carbocycles. The summed E-state index contributed by atoms with van der Waals surface area (Å²) in [5.41, 5.74) is -0.873. The molecule has 0 N–H and O–H groups in total. The largest absolute Gasteiger partial charge is 0.459 e. The highest BCUT2D eigenvalue weighted by molar-refractivity contribution is 6.26. The number of ether oxygens (including phenoxy) is 2. The highest BCUT2D eigenvalue weighted by atomic mass is 16.6. The fourth-order valence-electron chi connectivity index (χ4n) is 2.88. The Balaban J connectivity index is 2.52. The molecular formula is C20H25N3O6. The third kappa shape index (κ3) is 4.86. The van der Waals surface area contributed by atoms with Crippen LogP contribution in [0.1, 0.15) is 41.6 Å². The van der Waals surface area contributed by atoms with Crippen LogP contribution in [0.2, 0.25) is 0 Å². The molecule has 1 amide bonds. The monoisotopic (exact) mass is 403 g/mol. The van der Waals surface area contributed by atoms with Gasteiger partial charge < -0.3 is 19.3 Å². The molecule has 0 atom stereocenters. The van der Waals surface area contributed by atoms with Crippen LogP contribution in [0.5, 0.6) is 0 Å². The van der Waals surface area contributed by atoms with Crippen molar-refractivity contribution in [1.29, 1.82) is 0 Å². The lowest BCUT2D eigenvalue weighted by Gasteiger charge is -2.31. The summed E-state index contributed by atoms with van der Waals surface area (Å²) >= 11 is 0. The smallest absolute Gasteiger partial charge is 0.326 e. The molecule has 0 saturated heterocycles. The molecule has 1 aliphatic rings. The van der Waals surface area contributed by atoms with Crippen molar-refractivity contribution >= 4 is 23.4 Å². The number of Topliss-reactive ketones (excluding diaryl/α,β-unsaturated/α-hetero) is 2. The lowest BCUT2D eigenvalue weighted by molar-refractivity contribution is -0.155. The fourth-order valence-corrected chi connectivity index (χ4v) is 2.88. The van der Waals surface area contributed by atoms with Crippen LogP contribution in [0.25, 0.3) is 0 Å². The minimum atomic E-state index is -0.707. The first-order valence-corrected chi connectivity index (χ1v) is 8.95. The Morgan fingerprint density at radius 3 is 2.34 bits per heavy atom. The third-order valence-electron chi connectivity index (χ3n) is 4.07. The van der Waals surface area contributed by atoms with Crippen molar-refractivity contribution in [1.82, 2.24) is 14.8 Å². The van der Waals surface area contributed by atoms with Crippen LogP contribution in [0.15, 0.2) is 29.7 Å². The van der Waals surface area contributed by atoms with Gasteiger partial charge >= 0.3 is 5.97 Å². The molecule has 1 aliphatic carbocycles. The van der Waals surface area contributed by atoms with Crippen LogP contribution in [0.3, 0.4) is 0 Å². The average Bonchev–Trinajstić information content (AvgIpc) is 2.62. The molecule has 29 heavy (non-hydrogen) atoms. The molecule has 0 aliphatic heterocycles. The zero-order chi connectivity index (χ0) is 21.9. The van der Waals surface area contributed by atoms with E-state index >= 15 is 0 Å². The Morgan fingerprint density at radius 1 is 1.10 bits per heavy atom. The molecule has 156 valence electrons. The highest BCUT2D eigenvalue weighted by Gasteiger charge is 2.39. The van der Waals surface area contributed by atoms with Crippen molar-refractivity contribution in [2.75, 3.05) is 34.4 Å². The quantitative estimate of drug-likeness (QED) is 0.649. The maximum Gasteiger partial charge on any atom is 0.326 e. The van der Waals surface area contributed by atoms with E-state index in [0.717, 1.165) is 4.90 Å². The molecular weight excluding hydrogens is 378 g/mol. The molecule has 1 heterocycles. The van der Waals surface area contributed by atoms with Gasteiger partial charge in [0.1, 0.15) is 35.8 Å². The van der Waals surface area contributed by atoms with Crippen molar-refractivity contribution < 1.29 is 28.7 Å². The second-order valence-electron chi connectivity index (χ2n) is 7.58. The molecule has 0 saturated carbocycles.